The smallest absolute Gasteiger partial charge is 0.412 e. The van der Waals surface area contributed by atoms with Gasteiger partial charge in [0.1, 0.15) is 11.5 Å². The molecule has 2 heterocycles. The molecule has 27 heavy (non-hydrogen) atoms. The summed E-state index contributed by atoms with van der Waals surface area (Å²) in [6.07, 6.45) is 1.73. The van der Waals surface area contributed by atoms with Crippen molar-refractivity contribution in [3.63, 3.8) is 0 Å². The zero-order chi connectivity index (χ0) is 19.1. The van der Waals surface area contributed by atoms with Crippen molar-refractivity contribution >= 4 is 23.6 Å². The van der Waals surface area contributed by atoms with Gasteiger partial charge in [-0.1, -0.05) is 6.07 Å². The maximum Gasteiger partial charge on any atom is 0.412 e. The number of carbonyl (C=O) groups is 2. The van der Waals surface area contributed by atoms with E-state index in [-0.39, 0.29) is 13.2 Å². The van der Waals surface area contributed by atoms with E-state index in [4.69, 9.17) is 18.3 Å². The van der Waals surface area contributed by atoms with Gasteiger partial charge in [0.2, 0.25) is 0 Å². The second-order valence-electron chi connectivity index (χ2n) is 5.59. The van der Waals surface area contributed by atoms with E-state index < -0.39 is 12.2 Å². The summed E-state index contributed by atoms with van der Waals surface area (Å²) in [5.41, 5.74) is 1.77. The van der Waals surface area contributed by atoms with Gasteiger partial charge < -0.3 is 18.3 Å². The lowest BCUT2D eigenvalue weighted by atomic mass is 10.2. The van der Waals surface area contributed by atoms with Crippen LogP contribution in [0.1, 0.15) is 17.1 Å². The van der Waals surface area contributed by atoms with Gasteiger partial charge in [-0.2, -0.15) is 0 Å². The molecule has 0 spiro atoms. The van der Waals surface area contributed by atoms with E-state index in [0.717, 1.165) is 5.56 Å². The summed E-state index contributed by atoms with van der Waals surface area (Å²) >= 11 is 0. The molecule has 8 heteroatoms. The van der Waals surface area contributed by atoms with Gasteiger partial charge >= 0.3 is 12.2 Å². The number of ether oxygens (including phenoxy) is 2. The third-order valence-corrected chi connectivity index (χ3v) is 3.57. The molecule has 8 nitrogen and oxygen atoms in total. The standard InChI is InChI=1S/C19H18N2O6/c1-13-6-7-14(20-18(22)26-11-15-4-2-8-24-15)10-17(13)21-19(23)27-12-16-5-3-9-25-16/h2-10H,11-12H2,1H3,(H,20,22)(H,21,23). The summed E-state index contributed by atoms with van der Waals surface area (Å²) in [6, 6.07) is 11.9. The SMILES string of the molecule is Cc1ccc(NC(=O)OCc2ccco2)cc1NC(=O)OCc1ccco1. The van der Waals surface area contributed by atoms with Gasteiger partial charge in [-0.3, -0.25) is 10.6 Å². The Morgan fingerprint density at radius 1 is 0.889 bits per heavy atom. The molecular formula is C19H18N2O6. The van der Waals surface area contributed by atoms with Crippen molar-refractivity contribution in [2.24, 2.45) is 0 Å². The Labute approximate surface area is 155 Å². The molecule has 2 aromatic heterocycles. The first kappa shape index (κ1) is 18.1. The lowest BCUT2D eigenvalue weighted by Crippen LogP contribution is -2.16. The lowest BCUT2D eigenvalue weighted by Gasteiger charge is -2.11. The minimum Gasteiger partial charge on any atom is -0.466 e. The van der Waals surface area contributed by atoms with Crippen molar-refractivity contribution in [1.82, 2.24) is 0 Å². The highest BCUT2D eigenvalue weighted by Gasteiger charge is 2.10. The lowest BCUT2D eigenvalue weighted by molar-refractivity contribution is 0.145. The number of hydrogen-bond donors (Lipinski definition) is 2. The first-order valence-electron chi connectivity index (χ1n) is 8.13. The maximum atomic E-state index is 11.9. The van der Waals surface area contributed by atoms with E-state index in [9.17, 15) is 9.59 Å². The summed E-state index contributed by atoms with van der Waals surface area (Å²) in [7, 11) is 0. The largest absolute Gasteiger partial charge is 0.466 e. The van der Waals surface area contributed by atoms with E-state index in [0.29, 0.717) is 22.9 Å². The van der Waals surface area contributed by atoms with E-state index in [2.05, 4.69) is 10.6 Å². The van der Waals surface area contributed by atoms with Crippen LogP contribution >= 0.6 is 0 Å². The predicted octanol–water partition coefficient (Wildman–Crippen LogP) is 4.68. The third-order valence-electron chi connectivity index (χ3n) is 3.57. The number of furan rings is 2. The molecular weight excluding hydrogens is 352 g/mol. The summed E-state index contributed by atoms with van der Waals surface area (Å²) in [5, 5.41) is 5.22. The monoisotopic (exact) mass is 370 g/mol. The first-order valence-corrected chi connectivity index (χ1v) is 8.13. The fourth-order valence-corrected chi connectivity index (χ4v) is 2.20. The Morgan fingerprint density at radius 2 is 1.48 bits per heavy atom. The molecule has 0 saturated carbocycles. The molecule has 0 saturated heterocycles. The van der Waals surface area contributed by atoms with Gasteiger partial charge in [0.05, 0.1) is 12.5 Å². The average Bonchev–Trinajstić information content (AvgIpc) is 3.35. The number of amides is 2. The third kappa shape index (κ3) is 5.40. The van der Waals surface area contributed by atoms with Crippen LogP contribution in [-0.2, 0) is 22.7 Å². The van der Waals surface area contributed by atoms with Crippen molar-refractivity contribution in [1.29, 1.82) is 0 Å². The van der Waals surface area contributed by atoms with Crippen molar-refractivity contribution in [2.45, 2.75) is 20.1 Å². The quantitative estimate of drug-likeness (QED) is 0.653. The second kappa shape index (κ2) is 8.61. The van der Waals surface area contributed by atoms with Crippen LogP contribution in [0.2, 0.25) is 0 Å². The van der Waals surface area contributed by atoms with Gasteiger partial charge in [0, 0.05) is 11.4 Å². The number of aryl methyl sites for hydroxylation is 1. The number of nitrogens with one attached hydrogen (secondary N) is 2. The molecule has 0 fully saturated rings. The molecule has 0 radical (unpaired) electrons. The zero-order valence-electron chi connectivity index (χ0n) is 14.6. The highest BCUT2D eigenvalue weighted by atomic mass is 16.6. The van der Waals surface area contributed by atoms with Crippen LogP contribution in [0, 0.1) is 6.92 Å². The van der Waals surface area contributed by atoms with Crippen molar-refractivity contribution < 1.29 is 27.9 Å². The van der Waals surface area contributed by atoms with Gasteiger partial charge in [-0.15, -0.1) is 0 Å². The Balaban J connectivity index is 1.53. The van der Waals surface area contributed by atoms with E-state index in [1.807, 2.05) is 6.92 Å². The normalized spacial score (nSPS) is 10.3. The minimum atomic E-state index is -0.637. The van der Waals surface area contributed by atoms with Crippen LogP contribution in [-0.4, -0.2) is 12.2 Å². The summed E-state index contributed by atoms with van der Waals surface area (Å²) in [4.78, 5) is 23.8. The molecule has 0 aliphatic heterocycles. The van der Waals surface area contributed by atoms with Crippen LogP contribution in [0.3, 0.4) is 0 Å². The topological polar surface area (TPSA) is 103 Å². The van der Waals surface area contributed by atoms with Crippen molar-refractivity contribution in [3.05, 3.63) is 72.1 Å². The van der Waals surface area contributed by atoms with Gasteiger partial charge in [-0.25, -0.2) is 9.59 Å². The number of hydrogen-bond acceptors (Lipinski definition) is 6. The first-order chi connectivity index (χ1) is 13.1. The maximum absolute atomic E-state index is 11.9. The number of carbonyl (C=O) groups excluding carboxylic acids is 2. The highest BCUT2D eigenvalue weighted by Crippen LogP contribution is 2.21. The number of anilines is 2. The number of rotatable bonds is 6. The molecule has 1 aromatic carbocycles. The highest BCUT2D eigenvalue weighted by molar-refractivity contribution is 5.89. The van der Waals surface area contributed by atoms with E-state index in [1.54, 1.807) is 42.5 Å². The zero-order valence-corrected chi connectivity index (χ0v) is 14.6. The Hall–Kier alpha value is -3.68. The predicted molar refractivity (Wildman–Crippen MR) is 96.2 cm³/mol. The molecule has 0 unspecified atom stereocenters. The molecule has 0 bridgehead atoms. The fraction of sp³-hybridized carbons (Fsp3) is 0.158. The fourth-order valence-electron chi connectivity index (χ4n) is 2.20. The van der Waals surface area contributed by atoms with Gasteiger partial charge in [0.15, 0.2) is 13.2 Å². The van der Waals surface area contributed by atoms with E-state index in [1.165, 1.54) is 12.5 Å². The Kier molecular flexibility index (Phi) is 5.78. The molecule has 0 atom stereocenters. The van der Waals surface area contributed by atoms with Crippen LogP contribution < -0.4 is 10.6 Å². The summed E-state index contributed by atoms with van der Waals surface area (Å²) in [5.74, 6) is 1.08. The Morgan fingerprint density at radius 3 is 2.04 bits per heavy atom. The molecule has 2 amide bonds. The minimum absolute atomic E-state index is 0.0227. The van der Waals surface area contributed by atoms with Crippen LogP contribution in [0.25, 0.3) is 0 Å². The molecule has 3 rings (SSSR count). The Bertz CT molecular complexity index is 887. The van der Waals surface area contributed by atoms with Crippen LogP contribution in [0.15, 0.2) is 63.8 Å². The summed E-state index contributed by atoms with van der Waals surface area (Å²) < 4.78 is 20.3. The second-order valence-corrected chi connectivity index (χ2v) is 5.59. The molecule has 0 aliphatic rings. The van der Waals surface area contributed by atoms with Crippen LogP contribution in [0.4, 0.5) is 21.0 Å². The van der Waals surface area contributed by atoms with E-state index >= 15 is 0 Å². The molecule has 2 N–H and O–H groups in total. The summed E-state index contributed by atoms with van der Waals surface area (Å²) in [6.45, 7) is 1.87. The van der Waals surface area contributed by atoms with Crippen molar-refractivity contribution in [3.8, 4) is 0 Å². The molecule has 3 aromatic rings. The van der Waals surface area contributed by atoms with Crippen LogP contribution in [0.5, 0.6) is 0 Å². The molecule has 140 valence electrons. The van der Waals surface area contributed by atoms with Gasteiger partial charge in [-0.05, 0) is 48.9 Å². The average molecular weight is 370 g/mol. The number of benzene rings is 1. The van der Waals surface area contributed by atoms with Gasteiger partial charge in [0.25, 0.3) is 0 Å². The van der Waals surface area contributed by atoms with Crippen molar-refractivity contribution in [2.75, 3.05) is 10.6 Å². The molecule has 0 aliphatic carbocycles.